The molecular weight excluding hydrogens is 403 g/mol. The van der Waals surface area contributed by atoms with Gasteiger partial charge in [-0.3, -0.25) is 0 Å². The Morgan fingerprint density at radius 3 is 2.07 bits per heavy atom. The monoisotopic (exact) mass is 422 g/mol. The minimum Gasteiger partial charge on any atom is -0.381 e. The van der Waals surface area contributed by atoms with E-state index in [9.17, 15) is 30.4 Å². The summed E-state index contributed by atoms with van der Waals surface area (Å²) in [5.41, 5.74) is 1.01. The molecule has 10 heteroatoms. The maximum Gasteiger partial charge on any atom is 0.406 e. The fourth-order valence-corrected chi connectivity index (χ4v) is 4.58. The van der Waals surface area contributed by atoms with Gasteiger partial charge in [0, 0.05) is 12.6 Å². The lowest BCUT2D eigenvalue weighted by Gasteiger charge is -2.23. The van der Waals surface area contributed by atoms with Crippen LogP contribution in [0.15, 0.2) is 35.2 Å². The molecule has 0 saturated heterocycles. The Bertz CT molecular complexity index is 951. The third-order valence-corrected chi connectivity index (χ3v) is 5.77. The van der Waals surface area contributed by atoms with E-state index < -0.39 is 40.4 Å². The summed E-state index contributed by atoms with van der Waals surface area (Å²) in [5, 5.41) is 2.17. The first-order valence-corrected chi connectivity index (χ1v) is 9.65. The number of hydrogen-bond donors (Lipinski definition) is 2. The normalized spacial score (nSPS) is 13.4. The van der Waals surface area contributed by atoms with Gasteiger partial charge >= 0.3 is 6.18 Å². The molecule has 1 atom stereocenters. The quantitative estimate of drug-likeness (QED) is 0.686. The smallest absolute Gasteiger partial charge is 0.381 e. The van der Waals surface area contributed by atoms with Gasteiger partial charge in [0.2, 0.25) is 10.0 Å². The lowest BCUT2D eigenvalue weighted by Crippen LogP contribution is -2.49. The molecule has 0 aliphatic heterocycles. The first-order valence-electron chi connectivity index (χ1n) is 8.17. The fraction of sp³-hybridized carbons (Fsp3) is 0.333. The van der Waals surface area contributed by atoms with E-state index in [1.165, 1.54) is 13.8 Å². The Labute approximate surface area is 159 Å². The predicted molar refractivity (Wildman–Crippen MR) is 95.7 cm³/mol. The van der Waals surface area contributed by atoms with Crippen LogP contribution in [0.25, 0.3) is 0 Å². The van der Waals surface area contributed by atoms with Crippen molar-refractivity contribution in [3.63, 3.8) is 0 Å². The minimum absolute atomic E-state index is 0.236. The van der Waals surface area contributed by atoms with Crippen LogP contribution < -0.4 is 10.0 Å². The van der Waals surface area contributed by atoms with Crippen LogP contribution in [0.4, 0.5) is 27.6 Å². The van der Waals surface area contributed by atoms with Gasteiger partial charge in [0.05, 0.1) is 10.6 Å². The van der Waals surface area contributed by atoms with Crippen molar-refractivity contribution in [3.05, 3.63) is 58.7 Å². The first-order chi connectivity index (χ1) is 12.8. The van der Waals surface area contributed by atoms with Crippen LogP contribution in [0.1, 0.15) is 16.7 Å². The standard InChI is InChI=1S/C18H19F5N2O2S/c1-10-6-11(2)17(12(3)7-10)28(26,27)25-16(18(21,22)23)9-24-15-5-4-13(19)8-14(15)20/h4-8,16,24-25H,9H2,1-3H3. The van der Waals surface area contributed by atoms with Gasteiger partial charge < -0.3 is 5.32 Å². The Hall–Kier alpha value is -2.20. The summed E-state index contributed by atoms with van der Waals surface area (Å²) >= 11 is 0. The molecule has 0 aliphatic rings. The van der Waals surface area contributed by atoms with Gasteiger partial charge in [-0.05, 0) is 44.0 Å². The van der Waals surface area contributed by atoms with E-state index in [1.54, 1.807) is 23.8 Å². The largest absolute Gasteiger partial charge is 0.406 e. The van der Waals surface area contributed by atoms with Crippen molar-refractivity contribution in [2.45, 2.75) is 37.9 Å². The second-order valence-corrected chi connectivity index (χ2v) is 8.10. The molecular formula is C18H19F5N2O2S. The molecule has 0 spiro atoms. The van der Waals surface area contributed by atoms with E-state index in [4.69, 9.17) is 0 Å². The summed E-state index contributed by atoms with van der Waals surface area (Å²) in [6.07, 6.45) is -4.94. The predicted octanol–water partition coefficient (Wildman–Crippen LogP) is 4.21. The molecule has 28 heavy (non-hydrogen) atoms. The summed E-state index contributed by atoms with van der Waals surface area (Å²) in [6, 6.07) is 2.89. The highest BCUT2D eigenvalue weighted by atomic mass is 32.2. The van der Waals surface area contributed by atoms with Crippen molar-refractivity contribution in [1.82, 2.24) is 4.72 Å². The number of alkyl halides is 3. The SMILES string of the molecule is Cc1cc(C)c(S(=O)(=O)NC(CNc2ccc(F)cc2F)C(F)(F)F)c(C)c1. The zero-order valence-corrected chi connectivity index (χ0v) is 16.1. The Kier molecular flexibility index (Phi) is 6.34. The topological polar surface area (TPSA) is 58.2 Å². The van der Waals surface area contributed by atoms with Crippen molar-refractivity contribution in [2.24, 2.45) is 0 Å². The number of aryl methyl sites for hydroxylation is 3. The van der Waals surface area contributed by atoms with E-state index in [-0.39, 0.29) is 10.6 Å². The minimum atomic E-state index is -4.94. The molecule has 2 N–H and O–H groups in total. The van der Waals surface area contributed by atoms with Crippen LogP contribution in [0.3, 0.4) is 0 Å². The van der Waals surface area contributed by atoms with Gasteiger partial charge in [0.25, 0.3) is 0 Å². The molecule has 154 valence electrons. The van der Waals surface area contributed by atoms with Crippen LogP contribution in [-0.4, -0.2) is 27.2 Å². The van der Waals surface area contributed by atoms with Crippen molar-refractivity contribution >= 4 is 15.7 Å². The van der Waals surface area contributed by atoms with E-state index >= 15 is 0 Å². The van der Waals surface area contributed by atoms with E-state index in [0.717, 1.165) is 17.7 Å². The summed E-state index contributed by atoms with van der Waals surface area (Å²) < 4.78 is 93.5. The third kappa shape index (κ3) is 5.20. The number of anilines is 1. The second-order valence-electron chi connectivity index (χ2n) is 6.45. The molecule has 0 amide bonds. The molecule has 2 aromatic carbocycles. The molecule has 1 unspecified atom stereocenters. The molecule has 2 aromatic rings. The van der Waals surface area contributed by atoms with Gasteiger partial charge in [-0.25, -0.2) is 17.2 Å². The number of rotatable bonds is 6. The van der Waals surface area contributed by atoms with Crippen LogP contribution in [0, 0.1) is 32.4 Å². The van der Waals surface area contributed by atoms with Crippen LogP contribution in [-0.2, 0) is 10.0 Å². The lowest BCUT2D eigenvalue weighted by atomic mass is 10.1. The zero-order chi connectivity index (χ0) is 21.3. The molecule has 2 rings (SSSR count). The Morgan fingerprint density at radius 2 is 1.57 bits per heavy atom. The van der Waals surface area contributed by atoms with Gasteiger partial charge in [-0.2, -0.15) is 17.9 Å². The summed E-state index contributed by atoms with van der Waals surface area (Å²) in [5.74, 6) is -1.98. The third-order valence-electron chi connectivity index (χ3n) is 3.99. The molecule has 0 radical (unpaired) electrons. The first kappa shape index (κ1) is 22.1. The summed E-state index contributed by atoms with van der Waals surface area (Å²) in [6.45, 7) is 3.74. The average Bonchev–Trinajstić information content (AvgIpc) is 2.50. The van der Waals surface area contributed by atoms with Gasteiger partial charge in [-0.15, -0.1) is 0 Å². The lowest BCUT2D eigenvalue weighted by molar-refractivity contribution is -0.148. The van der Waals surface area contributed by atoms with E-state index in [2.05, 4.69) is 5.32 Å². The number of sulfonamides is 1. The highest BCUT2D eigenvalue weighted by molar-refractivity contribution is 7.89. The van der Waals surface area contributed by atoms with Crippen molar-refractivity contribution in [3.8, 4) is 0 Å². The molecule has 0 aliphatic carbocycles. The number of nitrogens with one attached hydrogen (secondary N) is 2. The summed E-state index contributed by atoms with van der Waals surface area (Å²) in [7, 11) is -4.51. The Balaban J connectivity index is 2.29. The molecule has 0 fully saturated rings. The Morgan fingerprint density at radius 1 is 1.00 bits per heavy atom. The van der Waals surface area contributed by atoms with Crippen molar-refractivity contribution < 1.29 is 30.4 Å². The maximum absolute atomic E-state index is 13.6. The van der Waals surface area contributed by atoms with E-state index in [1.807, 2.05) is 0 Å². The van der Waals surface area contributed by atoms with Crippen LogP contribution >= 0.6 is 0 Å². The van der Waals surface area contributed by atoms with Crippen molar-refractivity contribution in [2.75, 3.05) is 11.9 Å². The number of benzene rings is 2. The molecule has 0 bridgehead atoms. The van der Waals surface area contributed by atoms with Gasteiger partial charge in [0.1, 0.15) is 17.7 Å². The summed E-state index contributed by atoms with van der Waals surface area (Å²) in [4.78, 5) is -0.236. The maximum atomic E-state index is 13.6. The molecule has 4 nitrogen and oxygen atoms in total. The molecule has 0 saturated carbocycles. The number of halogens is 5. The highest BCUT2D eigenvalue weighted by Crippen LogP contribution is 2.26. The van der Waals surface area contributed by atoms with Gasteiger partial charge in [0.15, 0.2) is 0 Å². The second kappa shape index (κ2) is 8.04. The van der Waals surface area contributed by atoms with Crippen molar-refractivity contribution in [1.29, 1.82) is 0 Å². The zero-order valence-electron chi connectivity index (χ0n) is 15.3. The average molecular weight is 422 g/mol. The van der Waals surface area contributed by atoms with Crippen LogP contribution in [0.5, 0.6) is 0 Å². The molecule has 0 heterocycles. The molecule has 0 aromatic heterocycles. The highest BCUT2D eigenvalue weighted by Gasteiger charge is 2.42. The van der Waals surface area contributed by atoms with Crippen LogP contribution in [0.2, 0.25) is 0 Å². The number of hydrogen-bond acceptors (Lipinski definition) is 3. The fourth-order valence-electron chi connectivity index (χ4n) is 2.91. The van der Waals surface area contributed by atoms with E-state index in [0.29, 0.717) is 17.2 Å². The van der Waals surface area contributed by atoms with Gasteiger partial charge in [-0.1, -0.05) is 17.7 Å².